The number of carbonyl (C=O) groups excluding carboxylic acids is 3. The fourth-order valence-electron chi connectivity index (χ4n) is 1.95. The molecule has 3 rings (SSSR count). The third kappa shape index (κ3) is 3.31. The molecule has 1 N–H and O–H groups in total. The number of amides is 1. The van der Waals surface area contributed by atoms with Crippen molar-refractivity contribution in [2.45, 2.75) is 0 Å². The first-order valence-electron chi connectivity index (χ1n) is 6.66. The van der Waals surface area contributed by atoms with Crippen molar-refractivity contribution >= 4 is 23.3 Å². The molecule has 1 aliphatic rings. The summed E-state index contributed by atoms with van der Waals surface area (Å²) in [6.07, 6.45) is 4.02. The highest BCUT2D eigenvalue weighted by atomic mass is 16.5. The van der Waals surface area contributed by atoms with Crippen LogP contribution < -0.4 is 10.1 Å². The van der Waals surface area contributed by atoms with Gasteiger partial charge < -0.3 is 14.8 Å². The van der Waals surface area contributed by atoms with Gasteiger partial charge in [-0.2, -0.15) is 0 Å². The van der Waals surface area contributed by atoms with Crippen LogP contribution in [-0.2, 0) is 9.53 Å². The number of aromatic nitrogens is 2. The van der Waals surface area contributed by atoms with Crippen molar-refractivity contribution in [2.24, 2.45) is 0 Å². The SMILES string of the molecule is O=C1COc2ccc(C(=O)COC(=O)c3cnccn3)cc2N1. The molecule has 1 amide bonds. The van der Waals surface area contributed by atoms with Crippen molar-refractivity contribution in [3.05, 3.63) is 48.0 Å². The molecule has 8 heteroatoms. The van der Waals surface area contributed by atoms with Crippen molar-refractivity contribution in [2.75, 3.05) is 18.5 Å². The summed E-state index contributed by atoms with van der Waals surface area (Å²) >= 11 is 0. The van der Waals surface area contributed by atoms with E-state index in [4.69, 9.17) is 9.47 Å². The van der Waals surface area contributed by atoms with Gasteiger partial charge in [-0.15, -0.1) is 0 Å². The summed E-state index contributed by atoms with van der Waals surface area (Å²) in [5, 5.41) is 2.60. The molecule has 2 heterocycles. The number of hydrogen-bond donors (Lipinski definition) is 1. The lowest BCUT2D eigenvalue weighted by Gasteiger charge is -2.18. The number of rotatable bonds is 4. The molecule has 116 valence electrons. The summed E-state index contributed by atoms with van der Waals surface area (Å²) in [5.74, 6) is -0.959. The van der Waals surface area contributed by atoms with Crippen LogP contribution in [0.5, 0.6) is 5.75 Å². The van der Waals surface area contributed by atoms with Crippen LogP contribution in [0.3, 0.4) is 0 Å². The van der Waals surface area contributed by atoms with E-state index in [-0.39, 0.29) is 18.2 Å². The van der Waals surface area contributed by atoms with Crippen molar-refractivity contribution in [1.82, 2.24) is 9.97 Å². The van der Waals surface area contributed by atoms with Crippen LogP contribution >= 0.6 is 0 Å². The highest BCUT2D eigenvalue weighted by molar-refractivity contribution is 6.02. The number of ketones is 1. The predicted octanol–water partition coefficient (Wildman–Crippen LogP) is 0.847. The van der Waals surface area contributed by atoms with Gasteiger partial charge in [-0.25, -0.2) is 9.78 Å². The van der Waals surface area contributed by atoms with Crippen LogP contribution in [0.1, 0.15) is 20.8 Å². The quantitative estimate of drug-likeness (QED) is 0.658. The lowest BCUT2D eigenvalue weighted by molar-refractivity contribution is -0.118. The maximum absolute atomic E-state index is 12.1. The van der Waals surface area contributed by atoms with Gasteiger partial charge in [-0.1, -0.05) is 0 Å². The molecule has 0 unspecified atom stereocenters. The molecule has 1 aromatic heterocycles. The van der Waals surface area contributed by atoms with Gasteiger partial charge in [-0.05, 0) is 18.2 Å². The van der Waals surface area contributed by atoms with Gasteiger partial charge in [0.1, 0.15) is 5.75 Å². The maximum atomic E-state index is 12.1. The molecule has 1 aromatic carbocycles. The summed E-state index contributed by atoms with van der Waals surface area (Å²) in [4.78, 5) is 42.6. The largest absolute Gasteiger partial charge is 0.482 e. The van der Waals surface area contributed by atoms with Crippen molar-refractivity contribution in [3.63, 3.8) is 0 Å². The standard InChI is InChI=1S/C15H11N3O5/c19-12(7-23-15(21)11-6-16-3-4-17-11)9-1-2-13-10(5-9)18-14(20)8-22-13/h1-6H,7-8H2,(H,18,20). The second kappa shape index (κ2) is 6.22. The average molecular weight is 313 g/mol. The van der Waals surface area contributed by atoms with Crippen LogP contribution in [0.4, 0.5) is 5.69 Å². The first kappa shape index (κ1) is 14.6. The summed E-state index contributed by atoms with van der Waals surface area (Å²) in [7, 11) is 0. The molecule has 0 atom stereocenters. The zero-order valence-electron chi connectivity index (χ0n) is 11.8. The monoisotopic (exact) mass is 313 g/mol. The van der Waals surface area contributed by atoms with Crippen molar-refractivity contribution < 1.29 is 23.9 Å². The molecule has 0 radical (unpaired) electrons. The second-order valence-electron chi connectivity index (χ2n) is 4.64. The Morgan fingerprint density at radius 2 is 2.17 bits per heavy atom. The first-order valence-corrected chi connectivity index (χ1v) is 6.66. The zero-order valence-corrected chi connectivity index (χ0v) is 11.8. The molecule has 0 spiro atoms. The summed E-state index contributed by atoms with van der Waals surface area (Å²) in [5.41, 5.74) is 0.722. The molecule has 0 bridgehead atoms. The van der Waals surface area contributed by atoms with Crippen LogP contribution in [0.2, 0.25) is 0 Å². The predicted molar refractivity (Wildman–Crippen MR) is 77.2 cm³/mol. The van der Waals surface area contributed by atoms with Crippen LogP contribution in [-0.4, -0.2) is 40.8 Å². The summed E-state index contributed by atoms with van der Waals surface area (Å²) in [6.45, 7) is -0.501. The Kier molecular flexibility index (Phi) is 3.96. The normalized spacial score (nSPS) is 12.6. The lowest BCUT2D eigenvalue weighted by Crippen LogP contribution is -2.25. The first-order chi connectivity index (χ1) is 11.1. The minimum Gasteiger partial charge on any atom is -0.482 e. The third-order valence-electron chi connectivity index (χ3n) is 3.04. The highest BCUT2D eigenvalue weighted by Gasteiger charge is 2.19. The van der Waals surface area contributed by atoms with Crippen LogP contribution in [0.25, 0.3) is 0 Å². The number of ether oxygens (including phenoxy) is 2. The van der Waals surface area contributed by atoms with Gasteiger partial charge in [0.15, 0.2) is 24.7 Å². The maximum Gasteiger partial charge on any atom is 0.358 e. The number of carbonyl (C=O) groups is 3. The number of Topliss-reactive ketones (excluding diaryl/α,β-unsaturated/α-hetero) is 1. The van der Waals surface area contributed by atoms with E-state index >= 15 is 0 Å². The topological polar surface area (TPSA) is 107 Å². The van der Waals surface area contributed by atoms with Crippen molar-refractivity contribution in [1.29, 1.82) is 0 Å². The van der Waals surface area contributed by atoms with E-state index in [1.165, 1.54) is 30.7 Å². The Bertz CT molecular complexity index is 776. The van der Waals surface area contributed by atoms with E-state index in [9.17, 15) is 14.4 Å². The van der Waals surface area contributed by atoms with E-state index in [2.05, 4.69) is 15.3 Å². The van der Waals surface area contributed by atoms with Gasteiger partial charge >= 0.3 is 5.97 Å². The zero-order chi connectivity index (χ0) is 16.2. The molecule has 0 saturated carbocycles. The fourth-order valence-corrected chi connectivity index (χ4v) is 1.95. The molecule has 2 aromatic rings. The minimum atomic E-state index is -0.735. The van der Waals surface area contributed by atoms with E-state index in [0.29, 0.717) is 17.0 Å². The molecule has 8 nitrogen and oxygen atoms in total. The Balaban J connectivity index is 1.66. The molecule has 0 fully saturated rings. The van der Waals surface area contributed by atoms with E-state index < -0.39 is 18.4 Å². The van der Waals surface area contributed by atoms with Crippen molar-refractivity contribution in [3.8, 4) is 5.75 Å². The van der Waals surface area contributed by atoms with Gasteiger partial charge in [0.25, 0.3) is 5.91 Å². The Hall–Kier alpha value is -3.29. The Morgan fingerprint density at radius 3 is 2.96 bits per heavy atom. The molecule has 0 aliphatic carbocycles. The van der Waals surface area contributed by atoms with Gasteiger partial charge in [-0.3, -0.25) is 14.6 Å². The Labute approximate surface area is 130 Å². The number of hydrogen-bond acceptors (Lipinski definition) is 7. The molecule has 23 heavy (non-hydrogen) atoms. The Morgan fingerprint density at radius 1 is 1.30 bits per heavy atom. The van der Waals surface area contributed by atoms with Crippen LogP contribution in [0, 0.1) is 0 Å². The minimum absolute atomic E-state index is 0.0198. The average Bonchev–Trinajstić information content (AvgIpc) is 2.59. The van der Waals surface area contributed by atoms with Gasteiger partial charge in [0, 0.05) is 18.0 Å². The molecular weight excluding hydrogens is 302 g/mol. The fraction of sp³-hybridized carbons (Fsp3) is 0.133. The van der Waals surface area contributed by atoms with Gasteiger partial charge in [0.05, 0.1) is 11.9 Å². The number of fused-ring (bicyclic) bond motifs is 1. The summed E-state index contributed by atoms with van der Waals surface area (Å²) in [6, 6.07) is 4.59. The number of anilines is 1. The second-order valence-corrected chi connectivity index (χ2v) is 4.64. The molecular formula is C15H11N3O5. The van der Waals surface area contributed by atoms with E-state index in [0.717, 1.165) is 0 Å². The van der Waals surface area contributed by atoms with Crippen LogP contribution in [0.15, 0.2) is 36.8 Å². The number of benzene rings is 1. The highest BCUT2D eigenvalue weighted by Crippen LogP contribution is 2.28. The molecule has 1 aliphatic heterocycles. The van der Waals surface area contributed by atoms with E-state index in [1.807, 2.05) is 0 Å². The smallest absolute Gasteiger partial charge is 0.358 e. The third-order valence-corrected chi connectivity index (χ3v) is 3.04. The van der Waals surface area contributed by atoms with Gasteiger partial charge in [0.2, 0.25) is 0 Å². The number of nitrogens with zero attached hydrogens (tertiary/aromatic N) is 2. The van der Waals surface area contributed by atoms with E-state index in [1.54, 1.807) is 6.07 Å². The number of nitrogens with one attached hydrogen (secondary N) is 1. The molecule has 0 saturated heterocycles. The number of esters is 1. The summed E-state index contributed by atoms with van der Waals surface area (Å²) < 4.78 is 10.1. The lowest BCUT2D eigenvalue weighted by atomic mass is 10.1.